The van der Waals surface area contributed by atoms with E-state index in [2.05, 4.69) is 28.6 Å². The zero-order valence-corrected chi connectivity index (χ0v) is 14.6. The van der Waals surface area contributed by atoms with Gasteiger partial charge >= 0.3 is 0 Å². The Morgan fingerprint density at radius 1 is 1.21 bits per heavy atom. The molecule has 0 unspecified atom stereocenters. The van der Waals surface area contributed by atoms with Crippen LogP contribution in [0.2, 0.25) is 0 Å². The molecule has 0 N–H and O–H groups in total. The summed E-state index contributed by atoms with van der Waals surface area (Å²) in [6.45, 7) is 6.70. The number of fused-ring (bicyclic) bond motifs is 3. The number of carbonyl (C=O) groups is 1. The van der Waals surface area contributed by atoms with E-state index in [4.69, 9.17) is 0 Å². The van der Waals surface area contributed by atoms with Crippen LogP contribution in [0.1, 0.15) is 33.1 Å². The van der Waals surface area contributed by atoms with Crippen LogP contribution in [0.15, 0.2) is 30.6 Å². The molecule has 2 saturated heterocycles. The van der Waals surface area contributed by atoms with Crippen LogP contribution in [-0.4, -0.2) is 56.5 Å². The molecule has 2 fully saturated rings. The Morgan fingerprint density at radius 3 is 2.83 bits per heavy atom. The highest BCUT2D eigenvalue weighted by molar-refractivity contribution is 5.80. The number of benzene rings is 1. The van der Waals surface area contributed by atoms with Crippen LogP contribution in [0.5, 0.6) is 0 Å². The van der Waals surface area contributed by atoms with Gasteiger partial charge in [-0.3, -0.25) is 9.69 Å². The SMILES string of the molecule is CC(C)N1[C@H]2CC[C@H]1CN(C(=O)Cn1cnc3ccccc31)CC2. The highest BCUT2D eigenvalue weighted by Gasteiger charge is 2.39. The van der Waals surface area contributed by atoms with Gasteiger partial charge in [0.1, 0.15) is 6.54 Å². The van der Waals surface area contributed by atoms with E-state index in [9.17, 15) is 4.79 Å². The molecule has 2 atom stereocenters. The van der Waals surface area contributed by atoms with Gasteiger partial charge in [-0.25, -0.2) is 4.98 Å². The molecular formula is C19H26N4O. The molecule has 1 amide bonds. The van der Waals surface area contributed by atoms with Crippen LogP contribution >= 0.6 is 0 Å². The molecule has 0 radical (unpaired) electrons. The first-order valence-corrected chi connectivity index (χ1v) is 9.08. The number of imidazole rings is 1. The van der Waals surface area contributed by atoms with Crippen LogP contribution in [0.4, 0.5) is 0 Å². The van der Waals surface area contributed by atoms with Crippen molar-refractivity contribution in [2.24, 2.45) is 0 Å². The van der Waals surface area contributed by atoms with Crippen molar-refractivity contribution < 1.29 is 4.79 Å². The first kappa shape index (κ1) is 15.6. The monoisotopic (exact) mass is 326 g/mol. The second-order valence-electron chi connectivity index (χ2n) is 7.42. The van der Waals surface area contributed by atoms with Crippen molar-refractivity contribution in [2.45, 2.75) is 57.8 Å². The van der Waals surface area contributed by atoms with Gasteiger partial charge in [-0.2, -0.15) is 0 Å². The normalized spacial score (nSPS) is 24.7. The van der Waals surface area contributed by atoms with Crippen molar-refractivity contribution in [3.63, 3.8) is 0 Å². The first-order chi connectivity index (χ1) is 11.6. The second-order valence-corrected chi connectivity index (χ2v) is 7.42. The van der Waals surface area contributed by atoms with Crippen molar-refractivity contribution in [3.05, 3.63) is 30.6 Å². The van der Waals surface area contributed by atoms with Gasteiger partial charge in [0.05, 0.1) is 17.4 Å². The Balaban J connectivity index is 1.49. The van der Waals surface area contributed by atoms with Crippen LogP contribution in [0.3, 0.4) is 0 Å². The topological polar surface area (TPSA) is 41.4 Å². The fourth-order valence-corrected chi connectivity index (χ4v) is 4.56. The molecule has 1 aromatic heterocycles. The maximum atomic E-state index is 12.9. The lowest BCUT2D eigenvalue weighted by atomic mass is 10.1. The molecule has 2 aliphatic heterocycles. The Bertz CT molecular complexity index is 738. The smallest absolute Gasteiger partial charge is 0.242 e. The van der Waals surface area contributed by atoms with Crippen LogP contribution < -0.4 is 0 Å². The molecule has 5 nitrogen and oxygen atoms in total. The van der Waals surface area contributed by atoms with E-state index >= 15 is 0 Å². The van der Waals surface area contributed by atoms with Gasteiger partial charge in [-0.15, -0.1) is 0 Å². The van der Waals surface area contributed by atoms with E-state index < -0.39 is 0 Å². The number of hydrogen-bond acceptors (Lipinski definition) is 3. The van der Waals surface area contributed by atoms with Crippen LogP contribution in [0, 0.1) is 0 Å². The van der Waals surface area contributed by atoms with Gasteiger partial charge in [-0.05, 0) is 45.2 Å². The van der Waals surface area contributed by atoms with E-state index in [0.29, 0.717) is 24.7 Å². The lowest BCUT2D eigenvalue weighted by Crippen LogP contribution is -2.44. The van der Waals surface area contributed by atoms with E-state index in [1.54, 1.807) is 6.33 Å². The predicted molar refractivity (Wildman–Crippen MR) is 94.7 cm³/mol. The van der Waals surface area contributed by atoms with Gasteiger partial charge < -0.3 is 9.47 Å². The minimum absolute atomic E-state index is 0.217. The Labute approximate surface area is 143 Å². The maximum absolute atomic E-state index is 12.9. The third-order valence-electron chi connectivity index (χ3n) is 5.62. The summed E-state index contributed by atoms with van der Waals surface area (Å²) in [5.41, 5.74) is 1.98. The van der Waals surface area contributed by atoms with Crippen molar-refractivity contribution in [2.75, 3.05) is 13.1 Å². The van der Waals surface area contributed by atoms with Gasteiger partial charge in [0.25, 0.3) is 0 Å². The molecule has 2 bridgehead atoms. The Kier molecular flexibility index (Phi) is 4.04. The van der Waals surface area contributed by atoms with E-state index in [0.717, 1.165) is 30.5 Å². The van der Waals surface area contributed by atoms with Gasteiger partial charge in [0, 0.05) is 31.2 Å². The van der Waals surface area contributed by atoms with Gasteiger partial charge in [-0.1, -0.05) is 12.1 Å². The van der Waals surface area contributed by atoms with Gasteiger partial charge in [0.2, 0.25) is 5.91 Å². The number of hydrogen-bond donors (Lipinski definition) is 0. The maximum Gasteiger partial charge on any atom is 0.242 e. The average molecular weight is 326 g/mol. The van der Waals surface area contributed by atoms with Crippen LogP contribution in [-0.2, 0) is 11.3 Å². The van der Waals surface area contributed by atoms with Crippen molar-refractivity contribution in [1.82, 2.24) is 19.4 Å². The summed E-state index contributed by atoms with van der Waals surface area (Å²) in [7, 11) is 0. The number of rotatable bonds is 3. The minimum Gasteiger partial charge on any atom is -0.340 e. The number of likely N-dealkylation sites (tertiary alicyclic amines) is 1. The number of nitrogens with zero attached hydrogens (tertiary/aromatic N) is 4. The summed E-state index contributed by atoms with van der Waals surface area (Å²) in [6, 6.07) is 9.74. The molecule has 128 valence electrons. The minimum atomic E-state index is 0.217. The molecular weight excluding hydrogens is 300 g/mol. The fraction of sp³-hybridized carbons (Fsp3) is 0.579. The molecule has 5 heteroatoms. The lowest BCUT2D eigenvalue weighted by molar-refractivity contribution is -0.132. The predicted octanol–water partition coefficient (Wildman–Crippen LogP) is 2.51. The zero-order chi connectivity index (χ0) is 16.7. The average Bonchev–Trinajstić information content (AvgIpc) is 3.08. The van der Waals surface area contributed by atoms with Crippen molar-refractivity contribution >= 4 is 16.9 Å². The fourth-order valence-electron chi connectivity index (χ4n) is 4.56. The summed E-state index contributed by atoms with van der Waals surface area (Å²) in [5, 5.41) is 0. The lowest BCUT2D eigenvalue weighted by Gasteiger charge is -2.32. The first-order valence-electron chi connectivity index (χ1n) is 9.08. The highest BCUT2D eigenvalue weighted by atomic mass is 16.2. The highest BCUT2D eigenvalue weighted by Crippen LogP contribution is 2.32. The number of aromatic nitrogens is 2. The third-order valence-corrected chi connectivity index (χ3v) is 5.62. The quantitative estimate of drug-likeness (QED) is 0.870. The zero-order valence-electron chi connectivity index (χ0n) is 14.6. The number of carbonyl (C=O) groups excluding carboxylic acids is 1. The summed E-state index contributed by atoms with van der Waals surface area (Å²) >= 11 is 0. The van der Waals surface area contributed by atoms with E-state index in [1.165, 1.54) is 12.8 Å². The van der Waals surface area contributed by atoms with E-state index in [-0.39, 0.29) is 5.91 Å². The molecule has 0 saturated carbocycles. The largest absolute Gasteiger partial charge is 0.340 e. The molecule has 0 aliphatic carbocycles. The molecule has 4 rings (SSSR count). The number of amides is 1. The molecule has 2 aromatic rings. The summed E-state index contributed by atoms with van der Waals surface area (Å²) < 4.78 is 1.97. The molecule has 0 spiro atoms. The molecule has 24 heavy (non-hydrogen) atoms. The van der Waals surface area contributed by atoms with Crippen molar-refractivity contribution in [1.29, 1.82) is 0 Å². The van der Waals surface area contributed by atoms with E-state index in [1.807, 2.05) is 28.8 Å². The molecule has 2 aliphatic rings. The number of para-hydroxylation sites is 2. The standard InChI is InChI=1S/C19H26N4O/c1-14(2)23-15-7-8-16(23)11-21(10-9-15)19(24)12-22-13-20-17-5-3-4-6-18(17)22/h3-6,13-16H,7-12H2,1-2H3/t15-,16-/m0/s1. The molecule has 1 aromatic carbocycles. The molecule has 3 heterocycles. The van der Waals surface area contributed by atoms with Crippen LogP contribution in [0.25, 0.3) is 11.0 Å². The summed E-state index contributed by atoms with van der Waals surface area (Å²) in [6.07, 6.45) is 5.40. The summed E-state index contributed by atoms with van der Waals surface area (Å²) in [5.74, 6) is 0.217. The van der Waals surface area contributed by atoms with Crippen molar-refractivity contribution in [3.8, 4) is 0 Å². The third kappa shape index (κ3) is 2.71. The second kappa shape index (κ2) is 6.20. The summed E-state index contributed by atoms with van der Waals surface area (Å²) in [4.78, 5) is 22.0. The Morgan fingerprint density at radius 2 is 2.00 bits per heavy atom. The van der Waals surface area contributed by atoms with Gasteiger partial charge in [0.15, 0.2) is 0 Å². The Hall–Kier alpha value is -1.88.